The number of nitrogens with zero attached hydrogens (tertiary/aromatic N) is 1. The zero-order chi connectivity index (χ0) is 14.8. The van der Waals surface area contributed by atoms with Gasteiger partial charge in [-0.2, -0.15) is 0 Å². The van der Waals surface area contributed by atoms with Crippen molar-refractivity contribution in [1.82, 2.24) is 4.98 Å². The Hall–Kier alpha value is -1.50. The Labute approximate surface area is 140 Å². The second-order valence-electron chi connectivity index (χ2n) is 4.47. The molecular formula is C15H12BrN3S2. The van der Waals surface area contributed by atoms with Crippen LogP contribution in [0.25, 0.3) is 10.9 Å². The summed E-state index contributed by atoms with van der Waals surface area (Å²) < 4.78 is 1.11. The first-order valence-corrected chi connectivity index (χ1v) is 8.38. The minimum atomic E-state index is 0.348. The SMILES string of the molecule is NC(=S)c1cnc2ccccc2c1NCc1sccc1Br. The number of para-hydroxylation sites is 1. The summed E-state index contributed by atoms with van der Waals surface area (Å²) in [7, 11) is 0. The number of benzene rings is 1. The minimum Gasteiger partial charge on any atom is -0.389 e. The van der Waals surface area contributed by atoms with Crippen molar-refractivity contribution in [3.05, 3.63) is 56.8 Å². The smallest absolute Gasteiger partial charge is 0.107 e. The van der Waals surface area contributed by atoms with E-state index in [1.165, 1.54) is 4.88 Å². The zero-order valence-electron chi connectivity index (χ0n) is 11.0. The highest BCUT2D eigenvalue weighted by Gasteiger charge is 2.11. The largest absolute Gasteiger partial charge is 0.389 e. The zero-order valence-corrected chi connectivity index (χ0v) is 14.2. The van der Waals surface area contributed by atoms with Crippen molar-refractivity contribution >= 4 is 61.1 Å². The summed E-state index contributed by atoms with van der Waals surface area (Å²) in [5.41, 5.74) is 8.46. The van der Waals surface area contributed by atoms with Gasteiger partial charge in [-0.15, -0.1) is 11.3 Å². The fourth-order valence-electron chi connectivity index (χ4n) is 2.14. The molecule has 2 heterocycles. The Morgan fingerprint density at radius 3 is 2.86 bits per heavy atom. The van der Waals surface area contributed by atoms with Crippen LogP contribution in [-0.4, -0.2) is 9.97 Å². The maximum atomic E-state index is 5.83. The monoisotopic (exact) mass is 377 g/mol. The van der Waals surface area contributed by atoms with E-state index in [-0.39, 0.29) is 0 Å². The number of hydrogen-bond donors (Lipinski definition) is 2. The van der Waals surface area contributed by atoms with Gasteiger partial charge in [0.1, 0.15) is 4.99 Å². The molecule has 0 aliphatic carbocycles. The van der Waals surface area contributed by atoms with E-state index in [1.54, 1.807) is 17.5 Å². The molecule has 3 nitrogen and oxygen atoms in total. The van der Waals surface area contributed by atoms with Crippen molar-refractivity contribution in [2.24, 2.45) is 5.73 Å². The Morgan fingerprint density at radius 2 is 2.14 bits per heavy atom. The molecule has 2 aromatic heterocycles. The third-order valence-electron chi connectivity index (χ3n) is 3.16. The van der Waals surface area contributed by atoms with Gasteiger partial charge in [0.15, 0.2) is 0 Å². The molecule has 21 heavy (non-hydrogen) atoms. The third kappa shape index (κ3) is 2.92. The predicted molar refractivity (Wildman–Crippen MR) is 97.0 cm³/mol. The van der Waals surface area contributed by atoms with Crippen LogP contribution >= 0.6 is 39.5 Å². The van der Waals surface area contributed by atoms with Crippen molar-refractivity contribution < 1.29 is 0 Å². The summed E-state index contributed by atoms with van der Waals surface area (Å²) >= 11 is 10.4. The molecular weight excluding hydrogens is 366 g/mol. The molecule has 0 atom stereocenters. The Balaban J connectivity index is 2.04. The van der Waals surface area contributed by atoms with Crippen LogP contribution < -0.4 is 11.1 Å². The number of pyridine rings is 1. The van der Waals surface area contributed by atoms with E-state index in [2.05, 4.69) is 31.6 Å². The number of rotatable bonds is 4. The van der Waals surface area contributed by atoms with Gasteiger partial charge < -0.3 is 11.1 Å². The van der Waals surface area contributed by atoms with Crippen molar-refractivity contribution in [2.75, 3.05) is 5.32 Å². The van der Waals surface area contributed by atoms with Gasteiger partial charge in [-0.25, -0.2) is 0 Å². The summed E-state index contributed by atoms with van der Waals surface area (Å²) in [6.45, 7) is 0.710. The second-order valence-corrected chi connectivity index (χ2v) is 6.77. The number of thiocarbonyl (C=S) groups is 1. The van der Waals surface area contributed by atoms with Crippen molar-refractivity contribution in [1.29, 1.82) is 0 Å². The number of halogens is 1. The van der Waals surface area contributed by atoms with E-state index in [4.69, 9.17) is 18.0 Å². The molecule has 0 unspecified atom stereocenters. The van der Waals surface area contributed by atoms with Crippen molar-refractivity contribution in [2.45, 2.75) is 6.54 Å². The molecule has 0 fully saturated rings. The number of nitrogens with two attached hydrogens (primary N) is 1. The summed E-state index contributed by atoms with van der Waals surface area (Å²) in [6.07, 6.45) is 1.73. The van der Waals surface area contributed by atoms with Crippen molar-refractivity contribution in [3.63, 3.8) is 0 Å². The molecule has 0 amide bonds. The summed E-state index contributed by atoms with van der Waals surface area (Å²) in [5.74, 6) is 0. The predicted octanol–water partition coefficient (Wildman–Crippen LogP) is 4.31. The normalized spacial score (nSPS) is 10.7. The fourth-order valence-corrected chi connectivity index (χ4v) is 3.73. The molecule has 0 saturated heterocycles. The lowest BCUT2D eigenvalue weighted by Gasteiger charge is -2.13. The van der Waals surface area contributed by atoms with E-state index in [9.17, 15) is 0 Å². The van der Waals surface area contributed by atoms with E-state index >= 15 is 0 Å². The average Bonchev–Trinajstić information content (AvgIpc) is 2.89. The van der Waals surface area contributed by atoms with Gasteiger partial charge in [0.05, 0.1) is 23.3 Å². The van der Waals surface area contributed by atoms with E-state index in [1.807, 2.05) is 30.3 Å². The Kier molecular flexibility index (Phi) is 4.19. The number of nitrogens with one attached hydrogen (secondary N) is 1. The summed E-state index contributed by atoms with van der Waals surface area (Å²) in [5, 5.41) is 6.53. The summed E-state index contributed by atoms with van der Waals surface area (Å²) in [4.78, 5) is 5.99. The van der Waals surface area contributed by atoms with Crippen molar-refractivity contribution in [3.8, 4) is 0 Å². The standard InChI is InChI=1S/C15H12BrN3S2/c16-11-5-6-21-13(11)8-19-14-9-3-1-2-4-12(9)18-7-10(14)15(17)20/h1-7H,8H2,(H2,17,20)(H,18,19). The fraction of sp³-hybridized carbons (Fsp3) is 0.0667. The number of hydrogen-bond acceptors (Lipinski definition) is 4. The first-order valence-electron chi connectivity index (χ1n) is 6.30. The van der Waals surface area contributed by atoms with Gasteiger partial charge >= 0.3 is 0 Å². The van der Waals surface area contributed by atoms with Crippen LogP contribution in [0.5, 0.6) is 0 Å². The number of thiophene rings is 1. The molecule has 3 rings (SSSR count). The quantitative estimate of drug-likeness (QED) is 0.665. The van der Waals surface area contributed by atoms with Crippen LogP contribution in [0.1, 0.15) is 10.4 Å². The minimum absolute atomic E-state index is 0.348. The molecule has 0 saturated carbocycles. The van der Waals surface area contributed by atoms with Gasteiger partial charge in [-0.1, -0.05) is 30.4 Å². The Morgan fingerprint density at radius 1 is 1.33 bits per heavy atom. The van der Waals surface area contributed by atoms with Crippen LogP contribution in [0.2, 0.25) is 0 Å². The molecule has 0 bridgehead atoms. The van der Waals surface area contributed by atoms with E-state index in [0.717, 1.165) is 26.6 Å². The number of fused-ring (bicyclic) bond motifs is 1. The molecule has 0 radical (unpaired) electrons. The molecule has 0 aliphatic heterocycles. The highest BCUT2D eigenvalue weighted by atomic mass is 79.9. The van der Waals surface area contributed by atoms with Gasteiger partial charge in [-0.05, 0) is 33.4 Å². The third-order valence-corrected chi connectivity index (χ3v) is 5.30. The Bertz CT molecular complexity index is 814. The highest BCUT2D eigenvalue weighted by Crippen LogP contribution is 2.28. The number of anilines is 1. The summed E-state index contributed by atoms with van der Waals surface area (Å²) in [6, 6.07) is 10.00. The van der Waals surface area contributed by atoms with Gasteiger partial charge in [0, 0.05) is 20.9 Å². The molecule has 3 N–H and O–H groups in total. The molecule has 3 aromatic rings. The van der Waals surface area contributed by atoms with E-state index < -0.39 is 0 Å². The first kappa shape index (κ1) is 14.4. The lowest BCUT2D eigenvalue weighted by Crippen LogP contribution is -2.14. The number of aromatic nitrogens is 1. The van der Waals surface area contributed by atoms with Crippen LogP contribution in [0.3, 0.4) is 0 Å². The van der Waals surface area contributed by atoms with Crippen LogP contribution in [0.15, 0.2) is 46.4 Å². The van der Waals surface area contributed by atoms with Crippen LogP contribution in [0.4, 0.5) is 5.69 Å². The highest BCUT2D eigenvalue weighted by molar-refractivity contribution is 9.10. The van der Waals surface area contributed by atoms with Gasteiger partial charge in [-0.3, -0.25) is 4.98 Å². The van der Waals surface area contributed by atoms with Crippen LogP contribution in [-0.2, 0) is 6.54 Å². The maximum absolute atomic E-state index is 5.83. The molecule has 0 spiro atoms. The first-order chi connectivity index (χ1) is 10.2. The van der Waals surface area contributed by atoms with Gasteiger partial charge in [0.2, 0.25) is 0 Å². The van der Waals surface area contributed by atoms with Gasteiger partial charge in [0.25, 0.3) is 0 Å². The molecule has 106 valence electrons. The topological polar surface area (TPSA) is 50.9 Å². The molecule has 1 aromatic carbocycles. The second kappa shape index (κ2) is 6.09. The molecule has 0 aliphatic rings. The maximum Gasteiger partial charge on any atom is 0.107 e. The van der Waals surface area contributed by atoms with E-state index in [0.29, 0.717) is 11.5 Å². The lowest BCUT2D eigenvalue weighted by atomic mass is 10.1. The lowest BCUT2D eigenvalue weighted by molar-refractivity contribution is 1.18. The average molecular weight is 378 g/mol. The van der Waals surface area contributed by atoms with Crippen LogP contribution in [0, 0.1) is 0 Å². The molecule has 6 heteroatoms.